The van der Waals surface area contributed by atoms with Gasteiger partial charge in [-0.1, -0.05) is 20.8 Å². The molecule has 1 saturated heterocycles. The molecule has 1 aliphatic heterocycles. The van der Waals surface area contributed by atoms with E-state index in [4.69, 9.17) is 0 Å². The van der Waals surface area contributed by atoms with Gasteiger partial charge < -0.3 is 10.2 Å². The average molecular weight is 235 g/mol. The lowest BCUT2D eigenvalue weighted by Crippen LogP contribution is -2.47. The Labute approximate surface area is 99.0 Å². The fraction of sp³-hybridized carbons (Fsp3) is 0.909. The first-order chi connectivity index (χ1) is 6.43. The Morgan fingerprint density at radius 2 is 1.73 bits per heavy atom. The van der Waals surface area contributed by atoms with Crippen LogP contribution >= 0.6 is 12.4 Å². The minimum absolute atomic E-state index is 0. The third kappa shape index (κ3) is 3.99. The number of rotatable bonds is 1. The topological polar surface area (TPSA) is 32.3 Å². The van der Waals surface area contributed by atoms with Crippen LogP contribution in [0.4, 0.5) is 0 Å². The summed E-state index contributed by atoms with van der Waals surface area (Å²) in [6.07, 6.45) is 2.16. The lowest BCUT2D eigenvalue weighted by molar-refractivity contribution is -0.140. The first kappa shape index (κ1) is 14.7. The first-order valence-electron chi connectivity index (χ1n) is 5.41. The second-order valence-corrected chi connectivity index (χ2v) is 5.15. The van der Waals surface area contributed by atoms with Gasteiger partial charge in [-0.25, -0.2) is 0 Å². The minimum Gasteiger partial charge on any atom is -0.342 e. The monoisotopic (exact) mass is 234 g/mol. The van der Waals surface area contributed by atoms with Crippen LogP contribution in [0.5, 0.6) is 0 Å². The lowest BCUT2D eigenvalue weighted by Gasteiger charge is -2.35. The second-order valence-electron chi connectivity index (χ2n) is 5.15. The molecule has 4 heteroatoms. The van der Waals surface area contributed by atoms with Crippen molar-refractivity contribution in [3.8, 4) is 0 Å². The number of nitrogens with zero attached hydrogens (tertiary/aromatic N) is 1. The summed E-state index contributed by atoms with van der Waals surface area (Å²) in [5, 5.41) is 3.31. The maximum Gasteiger partial charge on any atom is 0.227 e. The van der Waals surface area contributed by atoms with Crippen molar-refractivity contribution in [2.24, 2.45) is 5.41 Å². The zero-order chi connectivity index (χ0) is 10.8. The van der Waals surface area contributed by atoms with Crippen molar-refractivity contribution in [2.75, 3.05) is 20.1 Å². The molecule has 0 unspecified atom stereocenters. The highest BCUT2D eigenvalue weighted by molar-refractivity contribution is 5.85. The van der Waals surface area contributed by atoms with Gasteiger partial charge in [-0.3, -0.25) is 4.79 Å². The van der Waals surface area contributed by atoms with Gasteiger partial charge in [-0.05, 0) is 25.9 Å². The summed E-state index contributed by atoms with van der Waals surface area (Å²) in [5.41, 5.74) is -0.250. The van der Waals surface area contributed by atoms with E-state index in [9.17, 15) is 4.79 Å². The zero-order valence-corrected chi connectivity index (χ0v) is 11.0. The van der Waals surface area contributed by atoms with E-state index in [1.165, 1.54) is 0 Å². The molecule has 1 rings (SSSR count). The van der Waals surface area contributed by atoms with Crippen LogP contribution in [0, 0.1) is 5.41 Å². The third-order valence-corrected chi connectivity index (χ3v) is 2.82. The van der Waals surface area contributed by atoms with Crippen molar-refractivity contribution in [2.45, 2.75) is 39.7 Å². The molecule has 0 radical (unpaired) electrons. The molecule has 0 spiro atoms. The van der Waals surface area contributed by atoms with Gasteiger partial charge >= 0.3 is 0 Å². The fourth-order valence-corrected chi connectivity index (χ4v) is 1.89. The van der Waals surface area contributed by atoms with E-state index >= 15 is 0 Å². The van der Waals surface area contributed by atoms with E-state index < -0.39 is 0 Å². The molecule has 0 atom stereocenters. The minimum atomic E-state index is -0.250. The van der Waals surface area contributed by atoms with E-state index in [0.717, 1.165) is 25.9 Å². The molecule has 1 amide bonds. The number of hydrogen-bond donors (Lipinski definition) is 1. The summed E-state index contributed by atoms with van der Waals surface area (Å²) >= 11 is 0. The maximum absolute atomic E-state index is 12.0. The van der Waals surface area contributed by atoms with E-state index in [1.807, 2.05) is 32.7 Å². The summed E-state index contributed by atoms with van der Waals surface area (Å²) in [7, 11) is 1.93. The van der Waals surface area contributed by atoms with Crippen LogP contribution < -0.4 is 5.32 Å². The SMILES string of the molecule is CN(C(=O)C(C)(C)C)C1CCNCC1.Cl. The molecule has 0 aliphatic carbocycles. The molecule has 15 heavy (non-hydrogen) atoms. The average Bonchev–Trinajstić information content (AvgIpc) is 2.15. The molecule has 90 valence electrons. The maximum atomic E-state index is 12.0. The number of nitrogens with one attached hydrogen (secondary N) is 1. The standard InChI is InChI=1S/C11H22N2O.ClH/c1-11(2,3)10(14)13(4)9-5-7-12-8-6-9;/h9,12H,5-8H2,1-4H3;1H. The Kier molecular flexibility index (Phi) is 5.60. The fourth-order valence-electron chi connectivity index (χ4n) is 1.89. The van der Waals surface area contributed by atoms with Gasteiger partial charge in [0.25, 0.3) is 0 Å². The Morgan fingerprint density at radius 3 is 2.13 bits per heavy atom. The second kappa shape index (κ2) is 5.71. The molecule has 0 aromatic carbocycles. The predicted molar refractivity (Wildman–Crippen MR) is 65.4 cm³/mol. The number of halogens is 1. The third-order valence-electron chi connectivity index (χ3n) is 2.82. The van der Waals surface area contributed by atoms with E-state index in [1.54, 1.807) is 0 Å². The smallest absolute Gasteiger partial charge is 0.227 e. The molecule has 0 aromatic rings. The van der Waals surface area contributed by atoms with Crippen LogP contribution in [0.25, 0.3) is 0 Å². The molecular formula is C11H23ClN2O. The summed E-state index contributed by atoms with van der Waals surface area (Å²) < 4.78 is 0. The zero-order valence-electron chi connectivity index (χ0n) is 10.2. The van der Waals surface area contributed by atoms with Crippen molar-refractivity contribution >= 4 is 18.3 Å². The highest BCUT2D eigenvalue weighted by Gasteiger charge is 2.29. The Balaban J connectivity index is 0.00000196. The predicted octanol–water partition coefficient (Wildman–Crippen LogP) is 1.66. The molecule has 0 aromatic heterocycles. The molecular weight excluding hydrogens is 212 g/mol. The van der Waals surface area contributed by atoms with E-state index in [0.29, 0.717) is 6.04 Å². The Morgan fingerprint density at radius 1 is 1.27 bits per heavy atom. The number of amides is 1. The van der Waals surface area contributed by atoms with Gasteiger partial charge in [-0.2, -0.15) is 0 Å². The normalized spacial score (nSPS) is 18.1. The van der Waals surface area contributed by atoms with Gasteiger partial charge in [0.05, 0.1) is 0 Å². The van der Waals surface area contributed by atoms with Crippen molar-refractivity contribution in [1.82, 2.24) is 10.2 Å². The summed E-state index contributed by atoms with van der Waals surface area (Å²) in [4.78, 5) is 13.9. The van der Waals surface area contributed by atoms with Crippen LogP contribution in [0.3, 0.4) is 0 Å². The van der Waals surface area contributed by atoms with Crippen molar-refractivity contribution < 1.29 is 4.79 Å². The Hall–Kier alpha value is -0.280. The summed E-state index contributed by atoms with van der Waals surface area (Å²) in [6.45, 7) is 8.01. The summed E-state index contributed by atoms with van der Waals surface area (Å²) in [6, 6.07) is 0.433. The van der Waals surface area contributed by atoms with Gasteiger partial charge in [-0.15, -0.1) is 12.4 Å². The number of carbonyl (C=O) groups excluding carboxylic acids is 1. The van der Waals surface area contributed by atoms with E-state index in [-0.39, 0.29) is 23.7 Å². The number of hydrogen-bond acceptors (Lipinski definition) is 2. The number of piperidine rings is 1. The molecule has 1 heterocycles. The van der Waals surface area contributed by atoms with Gasteiger partial charge in [0.1, 0.15) is 0 Å². The quantitative estimate of drug-likeness (QED) is 0.749. The Bertz CT molecular complexity index is 207. The van der Waals surface area contributed by atoms with Crippen LogP contribution in [0.2, 0.25) is 0 Å². The van der Waals surface area contributed by atoms with Crippen molar-refractivity contribution in [3.05, 3.63) is 0 Å². The van der Waals surface area contributed by atoms with Crippen LogP contribution in [0.1, 0.15) is 33.6 Å². The van der Waals surface area contributed by atoms with Gasteiger partial charge in [0.2, 0.25) is 5.91 Å². The molecule has 0 bridgehead atoms. The molecule has 1 aliphatic rings. The van der Waals surface area contributed by atoms with Crippen LogP contribution in [0.15, 0.2) is 0 Å². The first-order valence-corrected chi connectivity index (χ1v) is 5.41. The van der Waals surface area contributed by atoms with E-state index in [2.05, 4.69) is 5.32 Å². The number of carbonyl (C=O) groups is 1. The molecule has 1 N–H and O–H groups in total. The largest absolute Gasteiger partial charge is 0.342 e. The molecule has 0 saturated carbocycles. The van der Waals surface area contributed by atoms with Crippen LogP contribution in [-0.2, 0) is 4.79 Å². The van der Waals surface area contributed by atoms with Gasteiger partial charge in [0.15, 0.2) is 0 Å². The summed E-state index contributed by atoms with van der Waals surface area (Å²) in [5.74, 6) is 0.254. The highest BCUT2D eigenvalue weighted by atomic mass is 35.5. The highest BCUT2D eigenvalue weighted by Crippen LogP contribution is 2.20. The van der Waals surface area contributed by atoms with Crippen LogP contribution in [-0.4, -0.2) is 37.0 Å². The lowest BCUT2D eigenvalue weighted by atomic mass is 9.93. The molecule has 3 nitrogen and oxygen atoms in total. The van der Waals surface area contributed by atoms with Crippen molar-refractivity contribution in [1.29, 1.82) is 0 Å². The van der Waals surface area contributed by atoms with Crippen molar-refractivity contribution in [3.63, 3.8) is 0 Å². The molecule has 1 fully saturated rings. The van der Waals surface area contributed by atoms with Gasteiger partial charge in [0, 0.05) is 18.5 Å².